The van der Waals surface area contributed by atoms with E-state index in [1.165, 1.54) is 5.56 Å². The smallest absolute Gasteiger partial charge is 0.132 e. The predicted molar refractivity (Wildman–Crippen MR) is 55.7 cm³/mol. The Labute approximate surface area is 83.7 Å². The van der Waals surface area contributed by atoms with Crippen LogP contribution in [0.3, 0.4) is 0 Å². The van der Waals surface area contributed by atoms with Crippen LogP contribution in [-0.4, -0.2) is 9.97 Å². The standard InChI is InChI=1S/C12H11N2/c1-10-3-5-11(6-4-10)9-12-13-7-2-8-14-12/h2-8H,1,9H2. The van der Waals surface area contributed by atoms with E-state index in [4.69, 9.17) is 0 Å². The molecule has 2 nitrogen and oxygen atoms in total. The molecule has 0 amide bonds. The van der Waals surface area contributed by atoms with Gasteiger partial charge >= 0.3 is 0 Å². The van der Waals surface area contributed by atoms with Gasteiger partial charge in [-0.3, -0.25) is 0 Å². The molecule has 0 fully saturated rings. The zero-order valence-corrected chi connectivity index (χ0v) is 7.85. The zero-order chi connectivity index (χ0) is 9.80. The molecule has 0 aliphatic heterocycles. The molecule has 69 valence electrons. The predicted octanol–water partition coefficient (Wildman–Crippen LogP) is 2.25. The van der Waals surface area contributed by atoms with Gasteiger partial charge in [0.05, 0.1) is 0 Å². The van der Waals surface area contributed by atoms with Crippen molar-refractivity contribution in [3.05, 3.63) is 66.6 Å². The normalized spacial score (nSPS) is 10.1. The molecule has 0 aliphatic carbocycles. The average molecular weight is 183 g/mol. The third-order valence-corrected chi connectivity index (χ3v) is 2.00. The molecule has 1 aromatic carbocycles. The van der Waals surface area contributed by atoms with Crippen molar-refractivity contribution in [1.82, 2.24) is 9.97 Å². The monoisotopic (exact) mass is 183 g/mol. The van der Waals surface area contributed by atoms with Gasteiger partial charge in [-0.05, 0) is 24.1 Å². The van der Waals surface area contributed by atoms with E-state index < -0.39 is 0 Å². The highest BCUT2D eigenvalue weighted by Crippen LogP contribution is 2.06. The van der Waals surface area contributed by atoms with Crippen molar-refractivity contribution < 1.29 is 0 Å². The quantitative estimate of drug-likeness (QED) is 0.713. The molecule has 1 aromatic heterocycles. The van der Waals surface area contributed by atoms with Gasteiger partial charge in [-0.1, -0.05) is 24.3 Å². The number of nitrogens with zero attached hydrogens (tertiary/aromatic N) is 2. The summed E-state index contributed by atoms with van der Waals surface area (Å²) in [7, 11) is 0. The van der Waals surface area contributed by atoms with Crippen molar-refractivity contribution >= 4 is 0 Å². The Morgan fingerprint density at radius 1 is 1.00 bits per heavy atom. The Kier molecular flexibility index (Phi) is 2.54. The Bertz CT molecular complexity index is 392. The van der Waals surface area contributed by atoms with Crippen LogP contribution < -0.4 is 0 Å². The summed E-state index contributed by atoms with van der Waals surface area (Å²) in [6, 6.07) is 9.93. The van der Waals surface area contributed by atoms with Crippen LogP contribution in [0.5, 0.6) is 0 Å². The van der Waals surface area contributed by atoms with E-state index in [2.05, 4.69) is 29.0 Å². The minimum atomic E-state index is 0.779. The van der Waals surface area contributed by atoms with E-state index in [-0.39, 0.29) is 0 Å². The maximum atomic E-state index is 4.17. The lowest BCUT2D eigenvalue weighted by atomic mass is 10.1. The van der Waals surface area contributed by atoms with Crippen LogP contribution in [0.4, 0.5) is 0 Å². The third-order valence-electron chi connectivity index (χ3n) is 2.00. The molecular formula is C12H11N2. The fourth-order valence-electron chi connectivity index (χ4n) is 1.26. The molecule has 1 heterocycles. The van der Waals surface area contributed by atoms with Gasteiger partial charge in [-0.15, -0.1) is 0 Å². The molecule has 2 aromatic rings. The summed E-state index contributed by atoms with van der Waals surface area (Å²) in [5, 5.41) is 0. The van der Waals surface area contributed by atoms with Gasteiger partial charge in [-0.2, -0.15) is 0 Å². The largest absolute Gasteiger partial charge is 0.241 e. The van der Waals surface area contributed by atoms with Gasteiger partial charge in [0, 0.05) is 18.8 Å². The minimum absolute atomic E-state index is 0.779. The number of rotatable bonds is 2. The second-order valence-corrected chi connectivity index (χ2v) is 3.16. The number of aromatic nitrogens is 2. The zero-order valence-electron chi connectivity index (χ0n) is 7.85. The highest BCUT2D eigenvalue weighted by molar-refractivity contribution is 5.26. The van der Waals surface area contributed by atoms with Gasteiger partial charge < -0.3 is 0 Å². The van der Waals surface area contributed by atoms with Gasteiger partial charge in [0.15, 0.2) is 0 Å². The first-order chi connectivity index (χ1) is 6.84. The van der Waals surface area contributed by atoms with Gasteiger partial charge in [0.1, 0.15) is 5.82 Å². The van der Waals surface area contributed by atoms with E-state index in [0.717, 1.165) is 17.8 Å². The first-order valence-electron chi connectivity index (χ1n) is 4.51. The van der Waals surface area contributed by atoms with Crippen LogP contribution >= 0.6 is 0 Å². The molecular weight excluding hydrogens is 172 g/mol. The minimum Gasteiger partial charge on any atom is -0.241 e. The maximum absolute atomic E-state index is 4.17. The summed E-state index contributed by atoms with van der Waals surface area (Å²) >= 11 is 0. The molecule has 0 saturated heterocycles. The molecule has 0 aliphatic rings. The van der Waals surface area contributed by atoms with E-state index in [1.54, 1.807) is 12.4 Å². The van der Waals surface area contributed by atoms with Crippen LogP contribution in [0.15, 0.2) is 42.7 Å². The summed E-state index contributed by atoms with van der Waals surface area (Å²) in [5.41, 5.74) is 2.24. The maximum Gasteiger partial charge on any atom is 0.132 e. The molecule has 0 saturated carbocycles. The highest BCUT2D eigenvalue weighted by Gasteiger charge is 1.96. The third kappa shape index (κ3) is 2.16. The molecule has 0 unspecified atom stereocenters. The SMILES string of the molecule is [CH2]c1ccc(Cc2ncccn2)cc1. The Balaban J connectivity index is 2.16. The van der Waals surface area contributed by atoms with Gasteiger partial charge in [-0.25, -0.2) is 9.97 Å². The average Bonchev–Trinajstić information content (AvgIpc) is 2.23. The van der Waals surface area contributed by atoms with Crippen LogP contribution in [0.2, 0.25) is 0 Å². The van der Waals surface area contributed by atoms with E-state index in [9.17, 15) is 0 Å². The first kappa shape index (κ1) is 8.88. The van der Waals surface area contributed by atoms with Crippen molar-refractivity contribution in [2.45, 2.75) is 6.42 Å². The van der Waals surface area contributed by atoms with Gasteiger partial charge in [0.2, 0.25) is 0 Å². The van der Waals surface area contributed by atoms with E-state index in [1.807, 2.05) is 18.2 Å². The Morgan fingerprint density at radius 2 is 1.64 bits per heavy atom. The topological polar surface area (TPSA) is 25.8 Å². The van der Waals surface area contributed by atoms with Crippen molar-refractivity contribution in [1.29, 1.82) is 0 Å². The molecule has 0 spiro atoms. The van der Waals surface area contributed by atoms with Gasteiger partial charge in [0.25, 0.3) is 0 Å². The molecule has 0 N–H and O–H groups in total. The Morgan fingerprint density at radius 3 is 2.29 bits per heavy atom. The lowest BCUT2D eigenvalue weighted by Gasteiger charge is -1.99. The summed E-state index contributed by atoms with van der Waals surface area (Å²) < 4.78 is 0. The van der Waals surface area contributed by atoms with E-state index >= 15 is 0 Å². The van der Waals surface area contributed by atoms with Crippen molar-refractivity contribution in [3.63, 3.8) is 0 Å². The van der Waals surface area contributed by atoms with Crippen molar-refractivity contribution in [2.24, 2.45) is 0 Å². The molecule has 0 atom stereocenters. The Hall–Kier alpha value is -1.70. The fraction of sp³-hybridized carbons (Fsp3) is 0.0833. The molecule has 2 heteroatoms. The lowest BCUT2D eigenvalue weighted by Crippen LogP contribution is -1.94. The van der Waals surface area contributed by atoms with E-state index in [0.29, 0.717) is 0 Å². The lowest BCUT2D eigenvalue weighted by molar-refractivity contribution is 0.967. The number of benzene rings is 1. The molecule has 1 radical (unpaired) electrons. The molecule has 14 heavy (non-hydrogen) atoms. The van der Waals surface area contributed by atoms with Crippen molar-refractivity contribution in [2.75, 3.05) is 0 Å². The van der Waals surface area contributed by atoms with Crippen LogP contribution in [0, 0.1) is 6.92 Å². The summed E-state index contributed by atoms with van der Waals surface area (Å²) in [5.74, 6) is 0.851. The summed E-state index contributed by atoms with van der Waals surface area (Å²) in [4.78, 5) is 8.34. The van der Waals surface area contributed by atoms with Crippen molar-refractivity contribution in [3.8, 4) is 0 Å². The van der Waals surface area contributed by atoms with Crippen LogP contribution in [0.25, 0.3) is 0 Å². The molecule has 0 bridgehead atoms. The second-order valence-electron chi connectivity index (χ2n) is 3.16. The van der Waals surface area contributed by atoms with Crippen LogP contribution in [-0.2, 0) is 6.42 Å². The summed E-state index contributed by atoms with van der Waals surface area (Å²) in [6.45, 7) is 3.84. The fourth-order valence-corrected chi connectivity index (χ4v) is 1.26. The number of hydrogen-bond donors (Lipinski definition) is 0. The first-order valence-corrected chi connectivity index (χ1v) is 4.51. The highest BCUT2D eigenvalue weighted by atomic mass is 14.8. The number of hydrogen-bond acceptors (Lipinski definition) is 2. The van der Waals surface area contributed by atoms with Crippen LogP contribution in [0.1, 0.15) is 17.0 Å². The summed E-state index contributed by atoms with van der Waals surface area (Å²) in [6.07, 6.45) is 4.30. The second kappa shape index (κ2) is 4.01. The molecule has 2 rings (SSSR count).